The molecule has 2 aromatic carbocycles. The van der Waals surface area contributed by atoms with Crippen LogP contribution in [0.4, 0.5) is 0 Å². The average molecular weight is 302 g/mol. The molecule has 0 amide bonds. The highest BCUT2D eigenvalue weighted by Crippen LogP contribution is 2.28. The van der Waals surface area contributed by atoms with Gasteiger partial charge in [0.05, 0.1) is 6.61 Å². The third-order valence-electron chi connectivity index (χ3n) is 3.70. The zero-order valence-electron chi connectivity index (χ0n) is 12.2. The molecule has 3 heteroatoms. The molecule has 0 bridgehead atoms. The summed E-state index contributed by atoms with van der Waals surface area (Å²) in [6.07, 6.45) is 2.58. The summed E-state index contributed by atoms with van der Waals surface area (Å²) in [7, 11) is 0. The highest BCUT2D eigenvalue weighted by atomic mass is 35.5. The van der Waals surface area contributed by atoms with Crippen molar-refractivity contribution in [1.82, 2.24) is 5.32 Å². The van der Waals surface area contributed by atoms with E-state index in [9.17, 15) is 0 Å². The van der Waals surface area contributed by atoms with Gasteiger partial charge in [0.15, 0.2) is 0 Å². The van der Waals surface area contributed by atoms with Gasteiger partial charge in [0, 0.05) is 17.6 Å². The normalized spacial score (nSPS) is 14.2. The second kappa shape index (κ2) is 6.50. The molecular formula is C18H20ClNO. The Hall–Kier alpha value is -1.51. The molecule has 1 N–H and O–H groups in total. The molecule has 110 valence electrons. The van der Waals surface area contributed by atoms with E-state index in [1.165, 1.54) is 24.0 Å². The molecule has 0 aliphatic heterocycles. The van der Waals surface area contributed by atoms with Crippen LogP contribution in [0.1, 0.15) is 25.3 Å². The first-order valence-corrected chi connectivity index (χ1v) is 7.89. The Bertz CT molecular complexity index is 605. The van der Waals surface area contributed by atoms with E-state index < -0.39 is 0 Å². The van der Waals surface area contributed by atoms with E-state index in [0.29, 0.717) is 12.6 Å². The fourth-order valence-corrected chi connectivity index (χ4v) is 2.53. The van der Waals surface area contributed by atoms with Crippen LogP contribution in [0.25, 0.3) is 11.1 Å². The molecule has 1 saturated carbocycles. The van der Waals surface area contributed by atoms with Gasteiger partial charge in [-0.2, -0.15) is 0 Å². The van der Waals surface area contributed by atoms with Crippen molar-refractivity contribution in [3.63, 3.8) is 0 Å². The number of ether oxygens (including phenoxy) is 1. The van der Waals surface area contributed by atoms with Gasteiger partial charge in [-0.1, -0.05) is 29.8 Å². The van der Waals surface area contributed by atoms with Crippen LogP contribution in [-0.2, 0) is 6.54 Å². The van der Waals surface area contributed by atoms with Crippen LogP contribution in [0.15, 0.2) is 42.5 Å². The minimum absolute atomic E-state index is 0.690. The molecule has 21 heavy (non-hydrogen) atoms. The molecule has 0 spiro atoms. The lowest BCUT2D eigenvalue weighted by Crippen LogP contribution is -2.15. The predicted molar refractivity (Wildman–Crippen MR) is 87.9 cm³/mol. The number of rotatable bonds is 6. The van der Waals surface area contributed by atoms with E-state index in [1.54, 1.807) is 0 Å². The standard InChI is InChI=1S/C18H20ClNO/c1-2-21-17-8-3-13(4-9-17)14-5-10-18(19)15(11-14)12-20-16-6-7-16/h3-5,8-11,16,20H,2,6-7,12H2,1H3. The quantitative estimate of drug-likeness (QED) is 0.838. The van der Waals surface area contributed by atoms with Crippen molar-refractivity contribution in [1.29, 1.82) is 0 Å². The summed E-state index contributed by atoms with van der Waals surface area (Å²) in [4.78, 5) is 0. The first-order valence-electron chi connectivity index (χ1n) is 7.51. The van der Waals surface area contributed by atoms with Crippen molar-refractivity contribution in [2.24, 2.45) is 0 Å². The molecule has 0 heterocycles. The highest BCUT2D eigenvalue weighted by Gasteiger charge is 2.20. The largest absolute Gasteiger partial charge is 0.494 e. The van der Waals surface area contributed by atoms with E-state index in [1.807, 2.05) is 25.1 Å². The summed E-state index contributed by atoms with van der Waals surface area (Å²) in [6.45, 7) is 3.53. The molecule has 2 nitrogen and oxygen atoms in total. The van der Waals surface area contributed by atoms with E-state index in [2.05, 4.69) is 29.6 Å². The van der Waals surface area contributed by atoms with Gasteiger partial charge in [0.2, 0.25) is 0 Å². The molecule has 1 aliphatic carbocycles. The summed E-state index contributed by atoms with van der Waals surface area (Å²) in [5.74, 6) is 0.908. The van der Waals surface area contributed by atoms with Crippen molar-refractivity contribution in [2.75, 3.05) is 6.61 Å². The summed E-state index contributed by atoms with van der Waals surface area (Å²) in [6, 6.07) is 15.1. The van der Waals surface area contributed by atoms with Crippen LogP contribution in [0, 0.1) is 0 Å². The van der Waals surface area contributed by atoms with Crippen LogP contribution < -0.4 is 10.1 Å². The predicted octanol–water partition coefficient (Wildman–Crippen LogP) is 4.66. The number of benzene rings is 2. The summed E-state index contributed by atoms with van der Waals surface area (Å²) in [5, 5.41) is 4.35. The first-order chi connectivity index (χ1) is 10.3. The van der Waals surface area contributed by atoms with Crippen molar-refractivity contribution in [3.8, 4) is 16.9 Å². The van der Waals surface area contributed by atoms with Gasteiger partial charge >= 0.3 is 0 Å². The second-order valence-corrected chi connectivity index (χ2v) is 5.83. The van der Waals surface area contributed by atoms with Crippen LogP contribution in [0.5, 0.6) is 5.75 Å². The lowest BCUT2D eigenvalue weighted by molar-refractivity contribution is 0.340. The third kappa shape index (κ3) is 3.78. The Labute approximate surface area is 131 Å². The van der Waals surface area contributed by atoms with E-state index in [4.69, 9.17) is 16.3 Å². The van der Waals surface area contributed by atoms with Crippen LogP contribution >= 0.6 is 11.6 Å². The molecule has 0 saturated heterocycles. The van der Waals surface area contributed by atoms with E-state index >= 15 is 0 Å². The minimum atomic E-state index is 0.690. The smallest absolute Gasteiger partial charge is 0.119 e. The fraction of sp³-hybridized carbons (Fsp3) is 0.333. The van der Waals surface area contributed by atoms with Crippen LogP contribution in [-0.4, -0.2) is 12.6 Å². The Balaban J connectivity index is 1.78. The zero-order chi connectivity index (χ0) is 14.7. The molecule has 3 rings (SSSR count). The average Bonchev–Trinajstić information content (AvgIpc) is 3.32. The van der Waals surface area contributed by atoms with Crippen molar-refractivity contribution >= 4 is 11.6 Å². The lowest BCUT2D eigenvalue weighted by atomic mass is 10.0. The Morgan fingerprint density at radius 3 is 2.48 bits per heavy atom. The monoisotopic (exact) mass is 301 g/mol. The molecule has 0 radical (unpaired) electrons. The molecule has 0 atom stereocenters. The Kier molecular flexibility index (Phi) is 4.47. The first kappa shape index (κ1) is 14.4. The number of halogens is 1. The Morgan fingerprint density at radius 1 is 1.10 bits per heavy atom. The van der Waals surface area contributed by atoms with Gasteiger partial charge in [-0.25, -0.2) is 0 Å². The fourth-order valence-electron chi connectivity index (χ4n) is 2.34. The number of hydrogen-bond donors (Lipinski definition) is 1. The topological polar surface area (TPSA) is 21.3 Å². The summed E-state index contributed by atoms with van der Waals surface area (Å²) < 4.78 is 5.48. The van der Waals surface area contributed by atoms with Gasteiger partial charge in [-0.3, -0.25) is 0 Å². The van der Waals surface area contributed by atoms with Crippen molar-refractivity contribution < 1.29 is 4.74 Å². The van der Waals surface area contributed by atoms with Crippen LogP contribution in [0.3, 0.4) is 0 Å². The van der Waals surface area contributed by atoms with Gasteiger partial charge in [-0.15, -0.1) is 0 Å². The van der Waals surface area contributed by atoms with Gasteiger partial charge in [-0.05, 0) is 60.7 Å². The zero-order valence-corrected chi connectivity index (χ0v) is 13.0. The maximum absolute atomic E-state index is 6.29. The molecule has 1 aliphatic rings. The maximum Gasteiger partial charge on any atom is 0.119 e. The van der Waals surface area contributed by atoms with Gasteiger partial charge in [0.1, 0.15) is 5.75 Å². The van der Waals surface area contributed by atoms with E-state index in [0.717, 1.165) is 22.9 Å². The SMILES string of the molecule is CCOc1ccc(-c2ccc(Cl)c(CNC3CC3)c2)cc1. The lowest BCUT2D eigenvalue weighted by Gasteiger charge is -2.10. The molecule has 2 aromatic rings. The maximum atomic E-state index is 6.29. The van der Waals surface area contributed by atoms with Gasteiger partial charge < -0.3 is 10.1 Å². The second-order valence-electron chi connectivity index (χ2n) is 5.42. The summed E-state index contributed by atoms with van der Waals surface area (Å²) in [5.41, 5.74) is 3.53. The van der Waals surface area contributed by atoms with E-state index in [-0.39, 0.29) is 0 Å². The molecule has 0 unspecified atom stereocenters. The molecule has 0 aromatic heterocycles. The Morgan fingerprint density at radius 2 is 1.81 bits per heavy atom. The summed E-state index contributed by atoms with van der Waals surface area (Å²) >= 11 is 6.29. The van der Waals surface area contributed by atoms with Crippen molar-refractivity contribution in [3.05, 3.63) is 53.1 Å². The highest BCUT2D eigenvalue weighted by molar-refractivity contribution is 6.31. The minimum Gasteiger partial charge on any atom is -0.494 e. The number of nitrogens with one attached hydrogen (secondary N) is 1. The van der Waals surface area contributed by atoms with Gasteiger partial charge in [0.25, 0.3) is 0 Å². The van der Waals surface area contributed by atoms with Crippen LogP contribution in [0.2, 0.25) is 5.02 Å². The number of hydrogen-bond acceptors (Lipinski definition) is 2. The molecule has 1 fully saturated rings. The molecular weight excluding hydrogens is 282 g/mol. The van der Waals surface area contributed by atoms with Crippen molar-refractivity contribution in [2.45, 2.75) is 32.4 Å². The third-order valence-corrected chi connectivity index (χ3v) is 4.07.